The second-order valence-electron chi connectivity index (χ2n) is 4.13. The third-order valence-electron chi connectivity index (χ3n) is 2.50. The Kier molecular flexibility index (Phi) is 4.42. The van der Waals surface area contributed by atoms with Gasteiger partial charge in [-0.05, 0) is 24.6 Å². The van der Waals surface area contributed by atoms with Crippen LogP contribution in [0.3, 0.4) is 0 Å². The first-order chi connectivity index (χ1) is 8.55. The number of alkyl halides is 3. The minimum atomic E-state index is -4.86. The first kappa shape index (κ1) is 15.7. The molecule has 1 atom stereocenters. The van der Waals surface area contributed by atoms with Gasteiger partial charge < -0.3 is 11.1 Å². The summed E-state index contributed by atoms with van der Waals surface area (Å²) in [6, 6.07) is 3.55. The number of carbonyl (C=O) groups is 1. The van der Waals surface area contributed by atoms with E-state index in [0.717, 1.165) is 6.07 Å². The van der Waals surface area contributed by atoms with Crippen LogP contribution in [0.4, 0.5) is 17.6 Å². The number of hydrogen-bond acceptors (Lipinski definition) is 2. The maximum atomic E-state index is 12.9. The molecule has 0 aliphatic heterocycles. The molecule has 0 heterocycles. The van der Waals surface area contributed by atoms with E-state index in [4.69, 9.17) is 17.3 Å². The smallest absolute Gasteiger partial charge is 0.350 e. The van der Waals surface area contributed by atoms with Gasteiger partial charge in [-0.3, -0.25) is 4.79 Å². The molecule has 1 aromatic rings. The van der Waals surface area contributed by atoms with Crippen LogP contribution in [0.15, 0.2) is 18.2 Å². The SMILES string of the molecule is CC(N)(C(=O)NCc1ccc(F)c(Cl)c1)C(F)(F)F. The van der Waals surface area contributed by atoms with Crippen molar-refractivity contribution in [3.05, 3.63) is 34.6 Å². The second-order valence-corrected chi connectivity index (χ2v) is 4.54. The van der Waals surface area contributed by atoms with E-state index in [1.54, 1.807) is 0 Å². The molecule has 1 rings (SSSR count). The van der Waals surface area contributed by atoms with E-state index in [-0.39, 0.29) is 11.6 Å². The second kappa shape index (κ2) is 5.34. The van der Waals surface area contributed by atoms with Gasteiger partial charge in [0.2, 0.25) is 5.91 Å². The van der Waals surface area contributed by atoms with E-state index >= 15 is 0 Å². The molecule has 1 unspecified atom stereocenters. The van der Waals surface area contributed by atoms with Gasteiger partial charge >= 0.3 is 6.18 Å². The van der Waals surface area contributed by atoms with Gasteiger partial charge in [0.05, 0.1) is 5.02 Å². The maximum absolute atomic E-state index is 12.9. The lowest BCUT2D eigenvalue weighted by Gasteiger charge is -2.26. The molecule has 19 heavy (non-hydrogen) atoms. The molecular weight excluding hydrogens is 288 g/mol. The van der Waals surface area contributed by atoms with Crippen molar-refractivity contribution >= 4 is 17.5 Å². The average Bonchev–Trinajstić information content (AvgIpc) is 2.28. The van der Waals surface area contributed by atoms with E-state index in [0.29, 0.717) is 12.5 Å². The number of carbonyl (C=O) groups excluding carboxylic acids is 1. The Balaban J connectivity index is 2.72. The molecule has 0 spiro atoms. The Bertz CT molecular complexity index is 488. The lowest BCUT2D eigenvalue weighted by molar-refractivity contribution is -0.187. The van der Waals surface area contributed by atoms with Crippen LogP contribution in [-0.4, -0.2) is 17.6 Å². The van der Waals surface area contributed by atoms with Gasteiger partial charge in [0.25, 0.3) is 0 Å². The molecule has 8 heteroatoms. The Morgan fingerprint density at radius 1 is 1.42 bits per heavy atom. The lowest BCUT2D eigenvalue weighted by Crippen LogP contribution is -2.61. The van der Waals surface area contributed by atoms with Crippen molar-refractivity contribution in [2.75, 3.05) is 0 Å². The summed E-state index contributed by atoms with van der Waals surface area (Å²) >= 11 is 5.50. The van der Waals surface area contributed by atoms with Crippen molar-refractivity contribution in [2.45, 2.75) is 25.2 Å². The fourth-order valence-corrected chi connectivity index (χ4v) is 1.35. The maximum Gasteiger partial charge on any atom is 0.415 e. The third kappa shape index (κ3) is 3.57. The number of nitrogens with two attached hydrogens (primary N) is 1. The summed E-state index contributed by atoms with van der Waals surface area (Å²) in [4.78, 5) is 11.4. The molecule has 1 aromatic carbocycles. The van der Waals surface area contributed by atoms with Crippen molar-refractivity contribution in [3.63, 3.8) is 0 Å². The summed E-state index contributed by atoms with van der Waals surface area (Å²) in [7, 11) is 0. The number of rotatable bonds is 3. The standard InChI is InChI=1S/C11H11ClF4N2O/c1-10(17,11(14,15)16)9(19)18-5-6-2-3-8(13)7(12)4-6/h2-4H,5,17H2,1H3,(H,18,19). The summed E-state index contributed by atoms with van der Waals surface area (Å²) in [6.45, 7) is 0.335. The summed E-state index contributed by atoms with van der Waals surface area (Å²) in [5, 5.41) is 1.85. The average molecular weight is 299 g/mol. The monoisotopic (exact) mass is 298 g/mol. The molecule has 1 amide bonds. The lowest BCUT2D eigenvalue weighted by atomic mass is 10.0. The summed E-state index contributed by atoms with van der Waals surface area (Å²) in [6.07, 6.45) is -4.86. The molecular formula is C11H11ClF4N2O. The number of halogens is 5. The first-order valence-corrected chi connectivity index (χ1v) is 5.51. The number of nitrogens with one attached hydrogen (secondary N) is 1. The molecule has 0 fully saturated rings. The highest BCUT2D eigenvalue weighted by molar-refractivity contribution is 6.30. The fourth-order valence-electron chi connectivity index (χ4n) is 1.14. The number of amides is 1. The number of benzene rings is 1. The van der Waals surface area contributed by atoms with Gasteiger partial charge in [0.1, 0.15) is 5.82 Å². The van der Waals surface area contributed by atoms with Crippen LogP contribution in [-0.2, 0) is 11.3 Å². The third-order valence-corrected chi connectivity index (χ3v) is 2.79. The Hall–Kier alpha value is -1.34. The molecule has 0 aliphatic rings. The largest absolute Gasteiger partial charge is 0.415 e. The quantitative estimate of drug-likeness (QED) is 0.842. The van der Waals surface area contributed by atoms with Crippen LogP contribution in [0, 0.1) is 5.82 Å². The molecule has 0 radical (unpaired) electrons. The Labute approximate surface area is 111 Å². The van der Waals surface area contributed by atoms with Crippen LogP contribution in [0.25, 0.3) is 0 Å². The molecule has 3 nitrogen and oxygen atoms in total. The zero-order valence-electron chi connectivity index (χ0n) is 9.81. The molecule has 0 saturated carbocycles. The van der Waals surface area contributed by atoms with E-state index in [1.165, 1.54) is 12.1 Å². The van der Waals surface area contributed by atoms with Crippen LogP contribution < -0.4 is 11.1 Å². The van der Waals surface area contributed by atoms with Crippen molar-refractivity contribution in [1.29, 1.82) is 0 Å². The highest BCUT2D eigenvalue weighted by Crippen LogP contribution is 2.28. The van der Waals surface area contributed by atoms with Crippen molar-refractivity contribution < 1.29 is 22.4 Å². The van der Waals surface area contributed by atoms with E-state index in [2.05, 4.69) is 0 Å². The topological polar surface area (TPSA) is 55.1 Å². The summed E-state index contributed by atoms with van der Waals surface area (Å²) in [5.74, 6) is -2.03. The van der Waals surface area contributed by atoms with Gasteiger partial charge in [-0.2, -0.15) is 13.2 Å². The Morgan fingerprint density at radius 2 is 2.00 bits per heavy atom. The number of hydrogen-bond donors (Lipinski definition) is 2. The zero-order valence-corrected chi connectivity index (χ0v) is 10.6. The molecule has 0 aromatic heterocycles. The van der Waals surface area contributed by atoms with E-state index in [1.807, 2.05) is 5.32 Å². The van der Waals surface area contributed by atoms with E-state index in [9.17, 15) is 22.4 Å². The van der Waals surface area contributed by atoms with Crippen LogP contribution in [0.2, 0.25) is 5.02 Å². The van der Waals surface area contributed by atoms with Gasteiger partial charge in [-0.1, -0.05) is 17.7 Å². The van der Waals surface area contributed by atoms with Crippen molar-refractivity contribution in [2.24, 2.45) is 5.73 Å². The van der Waals surface area contributed by atoms with Crippen LogP contribution in [0.5, 0.6) is 0 Å². The zero-order chi connectivity index (χ0) is 14.8. The summed E-state index contributed by atoms with van der Waals surface area (Å²) < 4.78 is 50.3. The highest BCUT2D eigenvalue weighted by atomic mass is 35.5. The van der Waals surface area contributed by atoms with Gasteiger partial charge in [0, 0.05) is 6.54 Å². The summed E-state index contributed by atoms with van der Waals surface area (Å²) in [5.41, 5.74) is 2.30. The first-order valence-electron chi connectivity index (χ1n) is 5.13. The van der Waals surface area contributed by atoms with E-state index < -0.39 is 23.4 Å². The van der Waals surface area contributed by atoms with Crippen molar-refractivity contribution in [1.82, 2.24) is 5.32 Å². The Morgan fingerprint density at radius 3 is 2.47 bits per heavy atom. The normalized spacial score (nSPS) is 14.9. The fraction of sp³-hybridized carbons (Fsp3) is 0.364. The van der Waals surface area contributed by atoms with Crippen LogP contribution in [0.1, 0.15) is 12.5 Å². The molecule has 0 bridgehead atoms. The molecule has 106 valence electrons. The molecule has 0 aliphatic carbocycles. The van der Waals surface area contributed by atoms with Crippen molar-refractivity contribution in [3.8, 4) is 0 Å². The highest BCUT2D eigenvalue weighted by Gasteiger charge is 2.53. The predicted octanol–water partition coefficient (Wildman–Crippen LogP) is 2.38. The van der Waals surface area contributed by atoms with Gasteiger partial charge in [-0.15, -0.1) is 0 Å². The minimum absolute atomic E-state index is 0.182. The molecule has 3 N–H and O–H groups in total. The predicted molar refractivity (Wildman–Crippen MR) is 61.9 cm³/mol. The van der Waals surface area contributed by atoms with Gasteiger partial charge in [0.15, 0.2) is 5.54 Å². The van der Waals surface area contributed by atoms with Gasteiger partial charge in [-0.25, -0.2) is 4.39 Å². The minimum Gasteiger partial charge on any atom is -0.350 e. The van der Waals surface area contributed by atoms with Crippen LogP contribution >= 0.6 is 11.6 Å². The molecule has 0 saturated heterocycles.